The number of nitrogens with one attached hydrogen (secondary N) is 1. The second-order valence-corrected chi connectivity index (χ2v) is 5.72. The fraction of sp³-hybridized carbons (Fsp3) is 0.158. The minimum absolute atomic E-state index is 0.129. The molecule has 0 radical (unpaired) electrons. The molecule has 2 aromatic heterocycles. The second-order valence-electron chi connectivity index (χ2n) is 5.72. The zero-order chi connectivity index (χ0) is 17.6. The molecule has 126 valence electrons. The summed E-state index contributed by atoms with van der Waals surface area (Å²) in [5, 5.41) is 2.90. The molecule has 0 aliphatic carbocycles. The summed E-state index contributed by atoms with van der Waals surface area (Å²) in [5.41, 5.74) is 2.25. The Balaban J connectivity index is 1.83. The van der Waals surface area contributed by atoms with E-state index < -0.39 is 0 Å². The zero-order valence-electron chi connectivity index (χ0n) is 14.2. The lowest BCUT2D eigenvalue weighted by molar-refractivity contribution is 0.0950. The minimum atomic E-state index is -0.129. The normalized spacial score (nSPS) is 10.3. The summed E-state index contributed by atoms with van der Waals surface area (Å²) < 4.78 is 0. The number of pyridine rings is 1. The van der Waals surface area contributed by atoms with Crippen molar-refractivity contribution < 1.29 is 4.79 Å². The quantitative estimate of drug-likeness (QED) is 0.777. The molecular weight excluding hydrogens is 314 g/mol. The molecule has 0 saturated heterocycles. The number of carbonyl (C=O) groups excluding carboxylic acids is 1. The van der Waals surface area contributed by atoms with E-state index in [-0.39, 0.29) is 5.91 Å². The number of anilines is 1. The molecule has 0 atom stereocenters. The molecule has 3 rings (SSSR count). The standard InChI is InChI=1S/C19H19N5O/c1-24(2)17-12-16(13-21-19(25)15-6-4-3-5-7-15)22-18(23-17)14-8-10-20-11-9-14/h3-12H,13H2,1-2H3,(H,21,25). The van der Waals surface area contributed by atoms with Gasteiger partial charge in [-0.1, -0.05) is 18.2 Å². The van der Waals surface area contributed by atoms with Crippen LogP contribution in [0.1, 0.15) is 16.1 Å². The Labute approximate surface area is 146 Å². The maximum absolute atomic E-state index is 12.2. The van der Waals surface area contributed by atoms with Crippen molar-refractivity contribution in [3.05, 3.63) is 72.2 Å². The van der Waals surface area contributed by atoms with Crippen molar-refractivity contribution in [2.75, 3.05) is 19.0 Å². The largest absolute Gasteiger partial charge is 0.363 e. The van der Waals surface area contributed by atoms with Crippen LogP contribution < -0.4 is 10.2 Å². The third-order valence-corrected chi connectivity index (χ3v) is 3.63. The SMILES string of the molecule is CN(C)c1cc(CNC(=O)c2ccccc2)nc(-c2ccncc2)n1. The molecule has 0 fully saturated rings. The van der Waals surface area contributed by atoms with Crippen LogP contribution in [0.15, 0.2) is 60.9 Å². The summed E-state index contributed by atoms with van der Waals surface area (Å²) >= 11 is 0. The molecule has 25 heavy (non-hydrogen) atoms. The molecule has 0 spiro atoms. The first-order chi connectivity index (χ1) is 12.1. The van der Waals surface area contributed by atoms with Crippen molar-refractivity contribution in [1.82, 2.24) is 20.3 Å². The number of hydrogen-bond donors (Lipinski definition) is 1. The highest BCUT2D eigenvalue weighted by Crippen LogP contribution is 2.18. The number of amides is 1. The van der Waals surface area contributed by atoms with Crippen LogP contribution in [0.25, 0.3) is 11.4 Å². The van der Waals surface area contributed by atoms with Gasteiger partial charge in [-0.2, -0.15) is 0 Å². The first-order valence-electron chi connectivity index (χ1n) is 7.92. The highest BCUT2D eigenvalue weighted by atomic mass is 16.1. The van der Waals surface area contributed by atoms with Crippen molar-refractivity contribution in [3.63, 3.8) is 0 Å². The zero-order valence-corrected chi connectivity index (χ0v) is 14.2. The fourth-order valence-electron chi connectivity index (χ4n) is 2.30. The van der Waals surface area contributed by atoms with Gasteiger partial charge in [0.05, 0.1) is 12.2 Å². The summed E-state index contributed by atoms with van der Waals surface area (Å²) in [4.78, 5) is 27.3. The predicted molar refractivity (Wildman–Crippen MR) is 97.2 cm³/mol. The first kappa shape index (κ1) is 16.6. The van der Waals surface area contributed by atoms with Gasteiger partial charge in [-0.05, 0) is 24.3 Å². The Morgan fingerprint density at radius 1 is 1.04 bits per heavy atom. The number of hydrogen-bond acceptors (Lipinski definition) is 5. The van der Waals surface area contributed by atoms with Gasteiger partial charge in [-0.15, -0.1) is 0 Å². The Kier molecular flexibility index (Phi) is 4.99. The molecule has 6 heteroatoms. The van der Waals surface area contributed by atoms with Gasteiger partial charge in [0.2, 0.25) is 0 Å². The summed E-state index contributed by atoms with van der Waals surface area (Å²) in [6.07, 6.45) is 3.41. The van der Waals surface area contributed by atoms with Crippen LogP contribution in [0, 0.1) is 0 Å². The molecule has 3 aromatic rings. The average Bonchev–Trinajstić information content (AvgIpc) is 2.67. The Morgan fingerprint density at radius 3 is 2.44 bits per heavy atom. The van der Waals surface area contributed by atoms with E-state index in [9.17, 15) is 4.79 Å². The monoisotopic (exact) mass is 333 g/mol. The molecule has 6 nitrogen and oxygen atoms in total. The van der Waals surface area contributed by atoms with Gasteiger partial charge < -0.3 is 10.2 Å². The molecule has 1 aromatic carbocycles. The molecule has 0 aliphatic heterocycles. The van der Waals surface area contributed by atoms with E-state index in [1.165, 1.54) is 0 Å². The molecule has 0 aliphatic rings. The summed E-state index contributed by atoms with van der Waals surface area (Å²) in [5.74, 6) is 1.26. The fourth-order valence-corrected chi connectivity index (χ4v) is 2.30. The Hall–Kier alpha value is -3.28. The van der Waals surface area contributed by atoms with Crippen molar-refractivity contribution >= 4 is 11.7 Å². The van der Waals surface area contributed by atoms with E-state index in [4.69, 9.17) is 0 Å². The first-order valence-corrected chi connectivity index (χ1v) is 7.92. The van der Waals surface area contributed by atoms with Crippen LogP contribution in [0.4, 0.5) is 5.82 Å². The van der Waals surface area contributed by atoms with Gasteiger partial charge in [-0.3, -0.25) is 9.78 Å². The van der Waals surface area contributed by atoms with Crippen molar-refractivity contribution in [1.29, 1.82) is 0 Å². The van der Waals surface area contributed by atoms with E-state index in [0.717, 1.165) is 17.1 Å². The number of nitrogens with zero attached hydrogens (tertiary/aromatic N) is 4. The molecule has 0 bridgehead atoms. The molecular formula is C19H19N5O. The van der Waals surface area contributed by atoms with Gasteiger partial charge in [-0.25, -0.2) is 9.97 Å². The maximum atomic E-state index is 12.2. The van der Waals surface area contributed by atoms with E-state index in [0.29, 0.717) is 17.9 Å². The van der Waals surface area contributed by atoms with Gasteiger partial charge in [0, 0.05) is 43.7 Å². The lowest BCUT2D eigenvalue weighted by Crippen LogP contribution is -2.24. The summed E-state index contributed by atoms with van der Waals surface area (Å²) in [7, 11) is 3.84. The molecule has 1 amide bonds. The average molecular weight is 333 g/mol. The van der Waals surface area contributed by atoms with Crippen LogP contribution in [-0.4, -0.2) is 35.0 Å². The van der Waals surface area contributed by atoms with Crippen LogP contribution in [-0.2, 0) is 6.54 Å². The summed E-state index contributed by atoms with van der Waals surface area (Å²) in [6, 6.07) is 14.7. The molecule has 0 saturated carbocycles. The Morgan fingerprint density at radius 2 is 1.76 bits per heavy atom. The van der Waals surface area contributed by atoms with Crippen molar-refractivity contribution in [2.24, 2.45) is 0 Å². The van der Waals surface area contributed by atoms with E-state index in [1.807, 2.05) is 55.4 Å². The number of aromatic nitrogens is 3. The lowest BCUT2D eigenvalue weighted by atomic mass is 10.2. The highest BCUT2D eigenvalue weighted by Gasteiger charge is 2.10. The van der Waals surface area contributed by atoms with Gasteiger partial charge in [0.25, 0.3) is 5.91 Å². The van der Waals surface area contributed by atoms with Gasteiger partial charge in [0.1, 0.15) is 5.82 Å². The number of benzene rings is 1. The van der Waals surface area contributed by atoms with Crippen LogP contribution in [0.3, 0.4) is 0 Å². The van der Waals surface area contributed by atoms with E-state index in [2.05, 4.69) is 20.3 Å². The van der Waals surface area contributed by atoms with E-state index >= 15 is 0 Å². The topological polar surface area (TPSA) is 71.0 Å². The number of rotatable bonds is 5. The number of carbonyl (C=O) groups is 1. The Bertz CT molecular complexity index is 850. The van der Waals surface area contributed by atoms with Crippen molar-refractivity contribution in [2.45, 2.75) is 6.54 Å². The van der Waals surface area contributed by atoms with Crippen LogP contribution >= 0.6 is 0 Å². The van der Waals surface area contributed by atoms with Crippen molar-refractivity contribution in [3.8, 4) is 11.4 Å². The third-order valence-electron chi connectivity index (χ3n) is 3.63. The molecule has 2 heterocycles. The third kappa shape index (κ3) is 4.17. The van der Waals surface area contributed by atoms with Crippen LogP contribution in [0.5, 0.6) is 0 Å². The van der Waals surface area contributed by atoms with Crippen LogP contribution in [0.2, 0.25) is 0 Å². The lowest BCUT2D eigenvalue weighted by Gasteiger charge is -2.14. The van der Waals surface area contributed by atoms with E-state index in [1.54, 1.807) is 24.5 Å². The smallest absolute Gasteiger partial charge is 0.251 e. The van der Waals surface area contributed by atoms with Gasteiger partial charge >= 0.3 is 0 Å². The molecule has 0 unspecified atom stereocenters. The van der Waals surface area contributed by atoms with Gasteiger partial charge in [0.15, 0.2) is 5.82 Å². The maximum Gasteiger partial charge on any atom is 0.251 e. The highest BCUT2D eigenvalue weighted by molar-refractivity contribution is 5.94. The molecule has 1 N–H and O–H groups in total. The minimum Gasteiger partial charge on any atom is -0.363 e. The summed E-state index contributed by atoms with van der Waals surface area (Å²) in [6.45, 7) is 0.329. The predicted octanol–water partition coefficient (Wildman–Crippen LogP) is 2.53. The second kappa shape index (κ2) is 7.53.